The summed E-state index contributed by atoms with van der Waals surface area (Å²) in [6, 6.07) is 16.6. The van der Waals surface area contributed by atoms with Crippen LogP contribution in [0.5, 0.6) is 0 Å². The lowest BCUT2D eigenvalue weighted by Gasteiger charge is -2.29. The zero-order chi connectivity index (χ0) is 20.9. The summed E-state index contributed by atoms with van der Waals surface area (Å²) in [7, 11) is 0. The number of nitrogens with zero attached hydrogens (tertiary/aromatic N) is 1. The fourth-order valence-corrected chi connectivity index (χ4v) is 4.55. The minimum atomic E-state index is -0.688. The average Bonchev–Trinajstić information content (AvgIpc) is 3.09. The number of carbonyl (C=O) groups is 2. The molecular formula is C24H28N2O4. The molecule has 0 bridgehead atoms. The molecule has 0 atom stereocenters. The molecule has 158 valence electrons. The van der Waals surface area contributed by atoms with Gasteiger partial charge in [0.15, 0.2) is 0 Å². The van der Waals surface area contributed by atoms with Gasteiger partial charge in [-0.3, -0.25) is 4.79 Å². The van der Waals surface area contributed by atoms with Gasteiger partial charge in [0, 0.05) is 12.5 Å². The van der Waals surface area contributed by atoms with Crippen molar-refractivity contribution in [2.75, 3.05) is 32.8 Å². The normalized spacial score (nSPS) is 16.7. The Balaban J connectivity index is 1.20. The second kappa shape index (κ2) is 9.30. The van der Waals surface area contributed by atoms with Crippen molar-refractivity contribution in [3.63, 3.8) is 0 Å². The summed E-state index contributed by atoms with van der Waals surface area (Å²) >= 11 is 0. The Kier molecular flexibility index (Phi) is 6.33. The monoisotopic (exact) mass is 408 g/mol. The van der Waals surface area contributed by atoms with Crippen molar-refractivity contribution < 1.29 is 19.4 Å². The molecule has 2 aliphatic rings. The molecule has 2 N–H and O–H groups in total. The summed E-state index contributed by atoms with van der Waals surface area (Å²) in [6.07, 6.45) is 1.84. The molecule has 4 rings (SSSR count). The van der Waals surface area contributed by atoms with Crippen molar-refractivity contribution >= 4 is 12.1 Å². The largest absolute Gasteiger partial charge is 0.481 e. The van der Waals surface area contributed by atoms with Crippen LogP contribution in [0, 0.1) is 5.92 Å². The Morgan fingerprint density at radius 1 is 1.00 bits per heavy atom. The molecule has 0 unspecified atom stereocenters. The highest BCUT2D eigenvalue weighted by Crippen LogP contribution is 2.44. The molecule has 6 heteroatoms. The predicted molar refractivity (Wildman–Crippen MR) is 114 cm³/mol. The van der Waals surface area contributed by atoms with Crippen molar-refractivity contribution in [1.29, 1.82) is 0 Å². The molecule has 0 aromatic heterocycles. The van der Waals surface area contributed by atoms with Gasteiger partial charge in [0.25, 0.3) is 0 Å². The minimum Gasteiger partial charge on any atom is -0.481 e. The molecule has 1 aliphatic carbocycles. The summed E-state index contributed by atoms with van der Waals surface area (Å²) in [5.41, 5.74) is 4.84. The van der Waals surface area contributed by atoms with Crippen LogP contribution in [0.15, 0.2) is 48.5 Å². The van der Waals surface area contributed by atoms with E-state index in [1.54, 1.807) is 0 Å². The van der Waals surface area contributed by atoms with Gasteiger partial charge in [-0.1, -0.05) is 48.5 Å². The number of benzene rings is 2. The second-order valence-electron chi connectivity index (χ2n) is 8.06. The molecule has 1 heterocycles. The van der Waals surface area contributed by atoms with Crippen molar-refractivity contribution in [3.8, 4) is 11.1 Å². The number of piperidine rings is 1. The van der Waals surface area contributed by atoms with Crippen LogP contribution in [0.4, 0.5) is 4.79 Å². The van der Waals surface area contributed by atoms with Gasteiger partial charge in [0.1, 0.15) is 6.61 Å². The fourth-order valence-electron chi connectivity index (χ4n) is 4.55. The number of aliphatic carboxylic acids is 1. The third-order valence-corrected chi connectivity index (χ3v) is 6.20. The van der Waals surface area contributed by atoms with Crippen LogP contribution in [0.3, 0.4) is 0 Å². The first-order valence-electron chi connectivity index (χ1n) is 10.7. The van der Waals surface area contributed by atoms with Gasteiger partial charge in [0.05, 0.1) is 5.92 Å². The Morgan fingerprint density at radius 3 is 2.20 bits per heavy atom. The fraction of sp³-hybridized carbons (Fsp3) is 0.417. The first-order chi connectivity index (χ1) is 14.6. The van der Waals surface area contributed by atoms with Crippen LogP contribution in [0.2, 0.25) is 0 Å². The van der Waals surface area contributed by atoms with E-state index < -0.39 is 5.97 Å². The van der Waals surface area contributed by atoms with Crippen LogP contribution in [-0.2, 0) is 9.53 Å². The number of alkyl carbamates (subject to hydrolysis) is 1. The molecule has 30 heavy (non-hydrogen) atoms. The lowest BCUT2D eigenvalue weighted by molar-refractivity contribution is -0.143. The number of hydrogen-bond acceptors (Lipinski definition) is 4. The van der Waals surface area contributed by atoms with Crippen LogP contribution in [-0.4, -0.2) is 54.9 Å². The minimum absolute atomic E-state index is 0.0682. The van der Waals surface area contributed by atoms with E-state index in [4.69, 9.17) is 9.84 Å². The molecule has 0 saturated carbocycles. The maximum Gasteiger partial charge on any atom is 0.407 e. The SMILES string of the molecule is O=C(NCCCN1CCC(C(=O)O)CC1)OCC1c2ccccc2-c2ccccc21. The molecule has 0 radical (unpaired) electrons. The van der Waals surface area contributed by atoms with Gasteiger partial charge in [-0.05, 0) is 61.2 Å². The lowest BCUT2D eigenvalue weighted by atomic mass is 9.97. The van der Waals surface area contributed by atoms with Crippen LogP contribution >= 0.6 is 0 Å². The van der Waals surface area contributed by atoms with Gasteiger partial charge in [-0.25, -0.2) is 4.79 Å². The van der Waals surface area contributed by atoms with Crippen molar-refractivity contribution in [2.24, 2.45) is 5.92 Å². The highest BCUT2D eigenvalue weighted by atomic mass is 16.5. The number of fused-ring (bicyclic) bond motifs is 3. The number of hydrogen-bond donors (Lipinski definition) is 2. The number of rotatable bonds is 7. The summed E-state index contributed by atoms with van der Waals surface area (Å²) in [4.78, 5) is 25.5. The standard InChI is InChI=1S/C24H28N2O4/c27-23(28)17-10-14-26(15-11-17)13-5-12-25-24(29)30-16-22-20-8-3-1-6-18(20)19-7-2-4-9-21(19)22/h1-4,6-9,17,22H,5,10-16H2,(H,25,29)(H,27,28). The van der Waals surface area contributed by atoms with E-state index in [0.717, 1.165) is 26.1 Å². The highest BCUT2D eigenvalue weighted by molar-refractivity contribution is 5.79. The Morgan fingerprint density at radius 2 is 1.60 bits per heavy atom. The Labute approximate surface area is 176 Å². The van der Waals surface area contributed by atoms with Gasteiger partial charge < -0.3 is 20.1 Å². The van der Waals surface area contributed by atoms with Crippen molar-refractivity contribution in [1.82, 2.24) is 10.2 Å². The van der Waals surface area contributed by atoms with E-state index in [1.165, 1.54) is 22.3 Å². The summed E-state index contributed by atoms with van der Waals surface area (Å²) in [5.74, 6) is -0.828. The van der Waals surface area contributed by atoms with Crippen LogP contribution in [0.1, 0.15) is 36.3 Å². The number of nitrogens with one attached hydrogen (secondary N) is 1. The quantitative estimate of drug-likeness (QED) is 0.683. The van der Waals surface area contributed by atoms with E-state index in [2.05, 4.69) is 34.5 Å². The summed E-state index contributed by atoms with van der Waals surface area (Å²) < 4.78 is 5.54. The van der Waals surface area contributed by atoms with E-state index in [-0.39, 0.29) is 17.9 Å². The van der Waals surface area contributed by atoms with Crippen LogP contribution < -0.4 is 5.32 Å². The van der Waals surface area contributed by atoms with Crippen LogP contribution in [0.25, 0.3) is 11.1 Å². The molecule has 1 saturated heterocycles. The number of ether oxygens (including phenoxy) is 1. The molecule has 2 aromatic carbocycles. The number of amides is 1. The third kappa shape index (κ3) is 4.49. The van der Waals surface area contributed by atoms with Crippen molar-refractivity contribution in [3.05, 3.63) is 59.7 Å². The van der Waals surface area contributed by atoms with E-state index in [9.17, 15) is 9.59 Å². The topological polar surface area (TPSA) is 78.9 Å². The Hall–Kier alpha value is -2.86. The van der Waals surface area contributed by atoms with Crippen molar-refractivity contribution in [2.45, 2.75) is 25.2 Å². The van der Waals surface area contributed by atoms with Gasteiger partial charge in [-0.2, -0.15) is 0 Å². The molecule has 1 amide bonds. The van der Waals surface area contributed by atoms with Gasteiger partial charge in [0.2, 0.25) is 0 Å². The molecular weight excluding hydrogens is 380 g/mol. The first-order valence-corrected chi connectivity index (χ1v) is 10.7. The summed E-state index contributed by atoms with van der Waals surface area (Å²) in [5, 5.41) is 11.9. The van der Waals surface area contributed by atoms with E-state index in [0.29, 0.717) is 26.0 Å². The maximum atomic E-state index is 12.2. The van der Waals surface area contributed by atoms with Gasteiger partial charge in [-0.15, -0.1) is 0 Å². The smallest absolute Gasteiger partial charge is 0.407 e. The average molecular weight is 408 g/mol. The molecule has 0 spiro atoms. The number of carboxylic acids is 1. The number of carboxylic acid groups (broad SMARTS) is 1. The first kappa shape index (κ1) is 20.4. The van der Waals surface area contributed by atoms with E-state index >= 15 is 0 Å². The lowest BCUT2D eigenvalue weighted by Crippen LogP contribution is -2.38. The maximum absolute atomic E-state index is 12.2. The second-order valence-corrected chi connectivity index (χ2v) is 8.06. The van der Waals surface area contributed by atoms with Gasteiger partial charge >= 0.3 is 12.1 Å². The highest BCUT2D eigenvalue weighted by Gasteiger charge is 2.29. The number of carbonyl (C=O) groups excluding carboxylic acids is 1. The molecule has 2 aromatic rings. The van der Waals surface area contributed by atoms with E-state index in [1.807, 2.05) is 24.3 Å². The molecule has 1 fully saturated rings. The number of likely N-dealkylation sites (tertiary alicyclic amines) is 1. The zero-order valence-electron chi connectivity index (χ0n) is 17.0. The molecule has 6 nitrogen and oxygen atoms in total. The predicted octanol–water partition coefficient (Wildman–Crippen LogP) is 3.71. The zero-order valence-corrected chi connectivity index (χ0v) is 17.0. The summed E-state index contributed by atoms with van der Waals surface area (Å²) in [6.45, 7) is 3.35. The third-order valence-electron chi connectivity index (χ3n) is 6.20. The Bertz CT molecular complexity index is 860. The molecule has 1 aliphatic heterocycles.